The van der Waals surface area contributed by atoms with E-state index in [1.807, 2.05) is 84.9 Å². The van der Waals surface area contributed by atoms with E-state index in [1.165, 1.54) is 0 Å². The summed E-state index contributed by atoms with van der Waals surface area (Å²) >= 11 is 0. The molecule has 0 bridgehead atoms. The van der Waals surface area contributed by atoms with E-state index in [-0.39, 0.29) is 11.8 Å². The van der Waals surface area contributed by atoms with Crippen LogP contribution in [0.4, 0.5) is 5.69 Å². The molecular weight excluding hydrogens is 336 g/mol. The number of nitrogens with one attached hydrogen (secondary N) is 1. The van der Waals surface area contributed by atoms with E-state index in [9.17, 15) is 9.59 Å². The third kappa shape index (κ3) is 1.68. The van der Waals surface area contributed by atoms with Crippen LogP contribution >= 0.6 is 0 Å². The molecule has 0 aliphatic carbocycles. The molecule has 3 aromatic rings. The van der Waals surface area contributed by atoms with Gasteiger partial charge in [0.05, 0.1) is 0 Å². The second-order valence-electron chi connectivity index (χ2n) is 7.07. The number of carbonyl (C=O) groups excluding carboxylic acids is 2. The quantitative estimate of drug-likeness (QED) is 0.720. The molecule has 0 saturated carbocycles. The maximum atomic E-state index is 13.6. The Morgan fingerprint density at radius 2 is 1.26 bits per heavy atom. The largest absolute Gasteiger partial charge is 0.335 e. The first-order valence-corrected chi connectivity index (χ1v) is 8.95. The van der Waals surface area contributed by atoms with E-state index < -0.39 is 11.0 Å². The topological polar surface area (TPSA) is 49.4 Å². The number of amides is 2. The Kier molecular flexibility index (Phi) is 3.11. The highest BCUT2D eigenvalue weighted by molar-refractivity contribution is 6.20. The number of β-lactam (4-membered cyclic amide) rings is 1. The number of hydrogen-bond donors (Lipinski definition) is 1. The standard InChI is InChI=1S/C23H18N2O2/c1-25-19-15-9-8-14-18(19)23(21(25)27)22(20(26)24-23,16-10-4-2-5-11-16)17-12-6-3-7-13-17/h2-15H,1H3,(H,24,26). The van der Waals surface area contributed by atoms with Crippen molar-refractivity contribution in [2.75, 3.05) is 11.9 Å². The first-order chi connectivity index (χ1) is 13.1. The molecule has 4 heteroatoms. The fraction of sp³-hybridized carbons (Fsp3) is 0.130. The molecule has 132 valence electrons. The summed E-state index contributed by atoms with van der Waals surface area (Å²) in [6.45, 7) is 0. The summed E-state index contributed by atoms with van der Waals surface area (Å²) in [4.78, 5) is 28.5. The van der Waals surface area contributed by atoms with Gasteiger partial charge in [0.25, 0.3) is 5.91 Å². The summed E-state index contributed by atoms with van der Waals surface area (Å²) in [5, 5.41) is 3.01. The van der Waals surface area contributed by atoms with Gasteiger partial charge in [-0.2, -0.15) is 0 Å². The molecule has 5 rings (SSSR count). The van der Waals surface area contributed by atoms with Gasteiger partial charge in [0.15, 0.2) is 5.54 Å². The Labute approximate surface area is 157 Å². The third-order valence-electron chi connectivity index (χ3n) is 5.91. The average Bonchev–Trinajstić information content (AvgIpc) is 2.94. The van der Waals surface area contributed by atoms with Crippen LogP contribution in [0.1, 0.15) is 16.7 Å². The van der Waals surface area contributed by atoms with Gasteiger partial charge >= 0.3 is 0 Å². The Bertz CT molecular complexity index is 1020. The lowest BCUT2D eigenvalue weighted by atomic mass is 9.53. The molecule has 1 atom stereocenters. The fourth-order valence-corrected chi connectivity index (χ4v) is 4.75. The Morgan fingerprint density at radius 3 is 1.81 bits per heavy atom. The Hall–Kier alpha value is -3.40. The molecule has 1 unspecified atom stereocenters. The zero-order valence-corrected chi connectivity index (χ0v) is 14.8. The van der Waals surface area contributed by atoms with Crippen molar-refractivity contribution in [1.82, 2.24) is 5.32 Å². The van der Waals surface area contributed by atoms with Crippen LogP contribution in [0.3, 0.4) is 0 Å². The lowest BCUT2D eigenvalue weighted by Crippen LogP contribution is -2.80. The second kappa shape index (κ2) is 5.30. The number of fused-ring (bicyclic) bond motifs is 2. The van der Waals surface area contributed by atoms with Crippen molar-refractivity contribution < 1.29 is 9.59 Å². The van der Waals surface area contributed by atoms with Crippen molar-refractivity contribution in [2.45, 2.75) is 11.0 Å². The van der Waals surface area contributed by atoms with Crippen molar-refractivity contribution in [3.05, 3.63) is 102 Å². The molecule has 2 aliphatic rings. The minimum Gasteiger partial charge on any atom is -0.335 e. The van der Waals surface area contributed by atoms with Crippen molar-refractivity contribution in [1.29, 1.82) is 0 Å². The maximum Gasteiger partial charge on any atom is 0.259 e. The first-order valence-electron chi connectivity index (χ1n) is 8.95. The number of rotatable bonds is 2. The smallest absolute Gasteiger partial charge is 0.259 e. The van der Waals surface area contributed by atoms with Gasteiger partial charge in [-0.05, 0) is 17.2 Å². The molecule has 2 heterocycles. The van der Waals surface area contributed by atoms with Crippen molar-refractivity contribution >= 4 is 17.5 Å². The summed E-state index contributed by atoms with van der Waals surface area (Å²) in [5.74, 6) is -0.269. The van der Waals surface area contributed by atoms with E-state index >= 15 is 0 Å². The predicted octanol–water partition coefficient (Wildman–Crippen LogP) is 2.97. The Balaban J connectivity index is 1.89. The van der Waals surface area contributed by atoms with E-state index in [0.29, 0.717) is 0 Å². The van der Waals surface area contributed by atoms with Gasteiger partial charge in [0.1, 0.15) is 5.41 Å². The number of nitrogens with zero attached hydrogens (tertiary/aromatic N) is 1. The van der Waals surface area contributed by atoms with Crippen molar-refractivity contribution in [3.63, 3.8) is 0 Å². The van der Waals surface area contributed by atoms with Gasteiger partial charge in [0, 0.05) is 18.3 Å². The first kappa shape index (κ1) is 15.8. The lowest BCUT2D eigenvalue weighted by Gasteiger charge is -2.56. The number of likely N-dealkylation sites (N-methyl/N-ethyl adjacent to an activating group) is 1. The number of para-hydroxylation sites is 1. The van der Waals surface area contributed by atoms with E-state index in [0.717, 1.165) is 22.4 Å². The number of carbonyl (C=O) groups is 2. The molecule has 1 N–H and O–H groups in total. The van der Waals surface area contributed by atoms with E-state index in [1.54, 1.807) is 11.9 Å². The van der Waals surface area contributed by atoms with Gasteiger partial charge < -0.3 is 10.2 Å². The summed E-state index contributed by atoms with van der Waals surface area (Å²) in [5.41, 5.74) is 1.06. The van der Waals surface area contributed by atoms with Crippen LogP contribution in [0.15, 0.2) is 84.9 Å². The van der Waals surface area contributed by atoms with Crippen LogP contribution in [-0.2, 0) is 20.5 Å². The zero-order chi connectivity index (χ0) is 18.6. The predicted molar refractivity (Wildman–Crippen MR) is 103 cm³/mol. The Morgan fingerprint density at radius 1 is 0.741 bits per heavy atom. The van der Waals surface area contributed by atoms with Crippen molar-refractivity contribution in [3.8, 4) is 0 Å². The highest BCUT2D eigenvalue weighted by atomic mass is 16.2. The molecular formula is C23H18N2O2. The highest BCUT2D eigenvalue weighted by Crippen LogP contribution is 2.59. The molecule has 0 aromatic heterocycles. The highest BCUT2D eigenvalue weighted by Gasteiger charge is 2.75. The third-order valence-corrected chi connectivity index (χ3v) is 5.91. The van der Waals surface area contributed by atoms with Crippen LogP contribution < -0.4 is 10.2 Å². The van der Waals surface area contributed by atoms with Crippen LogP contribution in [0.5, 0.6) is 0 Å². The molecule has 3 aromatic carbocycles. The van der Waals surface area contributed by atoms with Crippen molar-refractivity contribution in [2.24, 2.45) is 0 Å². The van der Waals surface area contributed by atoms with Gasteiger partial charge in [0.2, 0.25) is 5.91 Å². The number of hydrogen-bond acceptors (Lipinski definition) is 2. The SMILES string of the molecule is CN1C(=O)C2(NC(=O)C2(c2ccccc2)c2ccccc2)c2ccccc21. The second-order valence-corrected chi connectivity index (χ2v) is 7.07. The lowest BCUT2D eigenvalue weighted by molar-refractivity contribution is -0.152. The molecule has 1 saturated heterocycles. The van der Waals surface area contributed by atoms with Gasteiger partial charge in [-0.15, -0.1) is 0 Å². The van der Waals surface area contributed by atoms with Gasteiger partial charge in [-0.3, -0.25) is 9.59 Å². The minimum atomic E-state index is -1.14. The zero-order valence-electron chi connectivity index (χ0n) is 14.8. The minimum absolute atomic E-state index is 0.115. The fourth-order valence-electron chi connectivity index (χ4n) is 4.75. The van der Waals surface area contributed by atoms with Gasteiger partial charge in [-0.25, -0.2) is 0 Å². The molecule has 2 aliphatic heterocycles. The summed E-state index contributed by atoms with van der Waals surface area (Å²) in [7, 11) is 1.77. The van der Waals surface area contributed by atoms with Crippen LogP contribution in [-0.4, -0.2) is 18.9 Å². The van der Waals surface area contributed by atoms with Crippen LogP contribution in [0, 0.1) is 0 Å². The summed E-state index contributed by atoms with van der Waals surface area (Å²) in [6, 6.07) is 26.9. The molecule has 27 heavy (non-hydrogen) atoms. The summed E-state index contributed by atoms with van der Waals surface area (Å²) in [6.07, 6.45) is 0. The molecule has 0 radical (unpaired) electrons. The normalized spacial score (nSPS) is 22.3. The molecule has 2 amide bonds. The number of anilines is 1. The van der Waals surface area contributed by atoms with E-state index in [2.05, 4.69) is 5.32 Å². The monoisotopic (exact) mass is 354 g/mol. The van der Waals surface area contributed by atoms with E-state index in [4.69, 9.17) is 0 Å². The molecule has 1 spiro atoms. The van der Waals surface area contributed by atoms with Gasteiger partial charge in [-0.1, -0.05) is 78.9 Å². The van der Waals surface area contributed by atoms with Crippen LogP contribution in [0.2, 0.25) is 0 Å². The maximum absolute atomic E-state index is 13.6. The molecule has 4 nitrogen and oxygen atoms in total. The molecule has 1 fully saturated rings. The summed E-state index contributed by atoms with van der Waals surface area (Å²) < 4.78 is 0. The van der Waals surface area contributed by atoms with Crippen LogP contribution in [0.25, 0.3) is 0 Å². The number of benzene rings is 3. The average molecular weight is 354 g/mol.